The topological polar surface area (TPSA) is 25.8 Å². The summed E-state index contributed by atoms with van der Waals surface area (Å²) in [5, 5.41) is 0.562. The molecule has 1 aromatic heterocycles. The van der Waals surface area contributed by atoms with Crippen LogP contribution >= 0.6 is 27.5 Å². The third kappa shape index (κ3) is 2.82. The predicted octanol–water partition coefficient (Wildman–Crippen LogP) is 4.75. The predicted molar refractivity (Wildman–Crippen MR) is 74.5 cm³/mol. The van der Waals surface area contributed by atoms with Crippen molar-refractivity contribution in [3.63, 3.8) is 0 Å². The number of halogens is 2. The molecule has 0 aliphatic heterocycles. The minimum atomic E-state index is 0.510. The van der Waals surface area contributed by atoms with Crippen LogP contribution in [-0.4, -0.2) is 9.97 Å². The van der Waals surface area contributed by atoms with E-state index in [0.29, 0.717) is 11.1 Å². The molecule has 0 spiro atoms. The van der Waals surface area contributed by atoms with Crippen LogP contribution in [0.2, 0.25) is 5.15 Å². The smallest absolute Gasteiger partial charge is 0.147 e. The van der Waals surface area contributed by atoms with Gasteiger partial charge in [-0.3, -0.25) is 0 Å². The van der Waals surface area contributed by atoms with Crippen LogP contribution in [0.25, 0.3) is 0 Å². The van der Waals surface area contributed by atoms with E-state index in [1.54, 1.807) is 0 Å². The van der Waals surface area contributed by atoms with Gasteiger partial charge >= 0.3 is 0 Å². The minimum Gasteiger partial charge on any atom is -0.236 e. The van der Waals surface area contributed by atoms with Gasteiger partial charge in [0.25, 0.3) is 0 Å². The Morgan fingerprint density at radius 2 is 2.06 bits per heavy atom. The molecule has 1 aliphatic rings. The van der Waals surface area contributed by atoms with E-state index in [1.165, 1.54) is 25.7 Å². The molecule has 94 valence electrons. The fraction of sp³-hybridized carbons (Fsp3) is 0.692. The Balaban J connectivity index is 2.25. The normalized spacial score (nSPS) is 24.2. The van der Waals surface area contributed by atoms with Crippen molar-refractivity contribution < 1.29 is 0 Å². The number of hydrogen-bond donors (Lipinski definition) is 0. The highest BCUT2D eigenvalue weighted by Crippen LogP contribution is 2.39. The second-order valence-corrected chi connectivity index (χ2v) is 5.92. The van der Waals surface area contributed by atoms with Crippen molar-refractivity contribution in [3.05, 3.63) is 21.1 Å². The first-order valence-corrected chi connectivity index (χ1v) is 7.54. The van der Waals surface area contributed by atoms with E-state index in [9.17, 15) is 0 Å². The standard InChI is InChI=1S/C13H18BrClN2/c1-3-8-5-6-9(7-8)13-16-10(4-2)11(14)12(15)17-13/h8-9H,3-7H2,1-2H3. The van der Waals surface area contributed by atoms with Gasteiger partial charge in [-0.05, 0) is 47.5 Å². The first kappa shape index (κ1) is 13.3. The molecule has 1 aliphatic carbocycles. The van der Waals surface area contributed by atoms with Crippen LogP contribution < -0.4 is 0 Å². The largest absolute Gasteiger partial charge is 0.236 e. The summed E-state index contributed by atoms with van der Waals surface area (Å²) in [6.07, 6.45) is 5.89. The van der Waals surface area contributed by atoms with Gasteiger partial charge in [-0.25, -0.2) is 9.97 Å². The lowest BCUT2D eigenvalue weighted by molar-refractivity contribution is 0.516. The zero-order valence-corrected chi connectivity index (χ0v) is 12.7. The summed E-state index contributed by atoms with van der Waals surface area (Å²) in [6.45, 7) is 4.36. The Labute approximate surface area is 116 Å². The van der Waals surface area contributed by atoms with E-state index in [4.69, 9.17) is 11.6 Å². The molecule has 0 N–H and O–H groups in total. The average Bonchev–Trinajstić information content (AvgIpc) is 2.81. The van der Waals surface area contributed by atoms with Crippen LogP contribution in [0, 0.1) is 5.92 Å². The Kier molecular flexibility index (Phi) is 4.42. The van der Waals surface area contributed by atoms with Gasteiger partial charge in [0, 0.05) is 5.92 Å². The van der Waals surface area contributed by atoms with E-state index in [2.05, 4.69) is 39.7 Å². The van der Waals surface area contributed by atoms with Gasteiger partial charge in [-0.15, -0.1) is 0 Å². The Hall–Kier alpha value is -0.150. The summed E-state index contributed by atoms with van der Waals surface area (Å²) in [6, 6.07) is 0. The van der Waals surface area contributed by atoms with E-state index in [1.807, 2.05) is 0 Å². The molecule has 0 aromatic carbocycles. The van der Waals surface area contributed by atoms with Gasteiger partial charge in [0.15, 0.2) is 0 Å². The second kappa shape index (κ2) is 5.66. The van der Waals surface area contributed by atoms with Crippen molar-refractivity contribution in [1.29, 1.82) is 0 Å². The van der Waals surface area contributed by atoms with Crippen LogP contribution in [-0.2, 0) is 6.42 Å². The summed E-state index contributed by atoms with van der Waals surface area (Å²) in [5.41, 5.74) is 1.03. The molecule has 1 saturated carbocycles. The van der Waals surface area contributed by atoms with Crippen LogP contribution in [0.15, 0.2) is 4.47 Å². The van der Waals surface area contributed by atoms with Crippen molar-refractivity contribution in [2.45, 2.75) is 51.9 Å². The monoisotopic (exact) mass is 316 g/mol. The fourth-order valence-electron chi connectivity index (χ4n) is 2.58. The number of nitrogens with zero attached hydrogens (tertiary/aromatic N) is 2. The minimum absolute atomic E-state index is 0.510. The van der Waals surface area contributed by atoms with Crippen LogP contribution in [0.4, 0.5) is 0 Å². The van der Waals surface area contributed by atoms with Crippen LogP contribution in [0.1, 0.15) is 57.0 Å². The van der Waals surface area contributed by atoms with Crippen molar-refractivity contribution in [3.8, 4) is 0 Å². The van der Waals surface area contributed by atoms with Gasteiger partial charge in [0.1, 0.15) is 11.0 Å². The Bertz CT molecular complexity index is 409. The van der Waals surface area contributed by atoms with Crippen LogP contribution in [0.5, 0.6) is 0 Å². The summed E-state index contributed by atoms with van der Waals surface area (Å²) < 4.78 is 0.857. The molecule has 2 unspecified atom stereocenters. The first-order valence-electron chi connectivity index (χ1n) is 6.37. The van der Waals surface area contributed by atoms with Crippen molar-refractivity contribution >= 4 is 27.5 Å². The van der Waals surface area contributed by atoms with E-state index >= 15 is 0 Å². The maximum Gasteiger partial charge on any atom is 0.147 e. The molecular weight excluding hydrogens is 300 g/mol. The molecule has 2 atom stereocenters. The molecular formula is C13H18BrClN2. The van der Waals surface area contributed by atoms with E-state index < -0.39 is 0 Å². The fourth-order valence-corrected chi connectivity index (χ4v) is 3.23. The number of hydrogen-bond acceptors (Lipinski definition) is 2. The molecule has 17 heavy (non-hydrogen) atoms. The average molecular weight is 318 g/mol. The molecule has 1 aromatic rings. The molecule has 0 bridgehead atoms. The van der Waals surface area contributed by atoms with Crippen LogP contribution in [0.3, 0.4) is 0 Å². The quantitative estimate of drug-likeness (QED) is 0.752. The third-order valence-electron chi connectivity index (χ3n) is 3.72. The molecule has 1 heterocycles. The van der Waals surface area contributed by atoms with Gasteiger partial charge < -0.3 is 0 Å². The molecule has 2 nitrogen and oxygen atoms in total. The molecule has 1 fully saturated rings. The van der Waals surface area contributed by atoms with Gasteiger partial charge in [-0.1, -0.05) is 31.9 Å². The molecule has 0 radical (unpaired) electrons. The molecule has 4 heteroatoms. The highest BCUT2D eigenvalue weighted by molar-refractivity contribution is 9.10. The van der Waals surface area contributed by atoms with Gasteiger partial charge in [0.2, 0.25) is 0 Å². The summed E-state index contributed by atoms with van der Waals surface area (Å²) >= 11 is 9.60. The lowest BCUT2D eigenvalue weighted by Crippen LogP contribution is -2.05. The third-order valence-corrected chi connectivity index (χ3v) is 5.05. The Morgan fingerprint density at radius 3 is 2.65 bits per heavy atom. The number of rotatable bonds is 3. The second-order valence-electron chi connectivity index (χ2n) is 4.77. The SMILES string of the molecule is CCc1nc(C2CCC(CC)C2)nc(Cl)c1Br. The molecule has 0 amide bonds. The maximum absolute atomic E-state index is 6.15. The van der Waals surface area contributed by atoms with Crippen molar-refractivity contribution in [2.24, 2.45) is 5.92 Å². The zero-order chi connectivity index (χ0) is 12.4. The number of aromatic nitrogens is 2. The highest BCUT2D eigenvalue weighted by atomic mass is 79.9. The zero-order valence-electron chi connectivity index (χ0n) is 10.3. The maximum atomic E-state index is 6.15. The molecule has 0 saturated heterocycles. The highest BCUT2D eigenvalue weighted by Gasteiger charge is 2.27. The van der Waals surface area contributed by atoms with E-state index in [-0.39, 0.29) is 0 Å². The number of aryl methyl sites for hydroxylation is 1. The lowest BCUT2D eigenvalue weighted by atomic mass is 10.0. The summed E-state index contributed by atoms with van der Waals surface area (Å²) in [4.78, 5) is 9.10. The first-order chi connectivity index (χ1) is 8.15. The molecule has 2 rings (SSSR count). The summed E-state index contributed by atoms with van der Waals surface area (Å²) in [7, 11) is 0. The van der Waals surface area contributed by atoms with E-state index in [0.717, 1.165) is 28.3 Å². The van der Waals surface area contributed by atoms with Gasteiger partial charge in [0.05, 0.1) is 10.2 Å². The van der Waals surface area contributed by atoms with Gasteiger partial charge in [-0.2, -0.15) is 0 Å². The Morgan fingerprint density at radius 1 is 1.29 bits per heavy atom. The van der Waals surface area contributed by atoms with Crippen molar-refractivity contribution in [2.75, 3.05) is 0 Å². The summed E-state index contributed by atoms with van der Waals surface area (Å²) in [5.74, 6) is 2.30. The van der Waals surface area contributed by atoms with Crippen molar-refractivity contribution in [1.82, 2.24) is 9.97 Å². The lowest BCUT2D eigenvalue weighted by Gasteiger charge is -2.12.